The Labute approximate surface area is 161 Å². The Hall–Kier alpha value is -1.56. The van der Waals surface area contributed by atoms with Crippen LogP contribution in [-0.4, -0.2) is 15.0 Å². The molecule has 0 amide bonds. The minimum absolute atomic E-state index is 0.0958. The fraction of sp³-hybridized carbons (Fsp3) is 0.400. The summed E-state index contributed by atoms with van der Waals surface area (Å²) in [5.41, 5.74) is 3.19. The lowest BCUT2D eigenvalue weighted by Gasteiger charge is -2.10. The zero-order chi connectivity index (χ0) is 19.7. The van der Waals surface area contributed by atoms with Gasteiger partial charge >= 0.3 is 0 Å². The first-order chi connectivity index (χ1) is 12.0. The van der Waals surface area contributed by atoms with Crippen molar-refractivity contribution in [2.24, 2.45) is 22.4 Å². The first-order valence-electron chi connectivity index (χ1n) is 8.54. The maximum Gasteiger partial charge on any atom is 0.237 e. The summed E-state index contributed by atoms with van der Waals surface area (Å²) in [5, 5.41) is 9.38. The molecule has 0 radical (unpaired) electrons. The fourth-order valence-corrected chi connectivity index (χ4v) is 4.27. The molecule has 1 saturated carbocycles. The van der Waals surface area contributed by atoms with E-state index in [1.54, 1.807) is 13.0 Å². The van der Waals surface area contributed by atoms with E-state index in [1.165, 1.54) is 12.2 Å². The predicted molar refractivity (Wildman–Crippen MR) is 111 cm³/mol. The molecule has 3 N–H and O–H groups in total. The molecule has 2 atom stereocenters. The number of hydrogen-bond donors (Lipinski definition) is 2. The molecule has 0 unspecified atom stereocenters. The zero-order valence-electron chi connectivity index (χ0n) is 15.7. The van der Waals surface area contributed by atoms with E-state index in [0.717, 1.165) is 23.4 Å². The molecular weight excluding hydrogens is 368 g/mol. The van der Waals surface area contributed by atoms with Crippen LogP contribution < -0.4 is 10.5 Å². The lowest BCUT2D eigenvalue weighted by molar-refractivity contribution is 0.559. The van der Waals surface area contributed by atoms with Crippen LogP contribution in [0.1, 0.15) is 26.3 Å². The number of aryl methyl sites for hydroxylation is 1. The van der Waals surface area contributed by atoms with Gasteiger partial charge in [0, 0.05) is 17.3 Å². The van der Waals surface area contributed by atoms with Crippen molar-refractivity contribution in [1.82, 2.24) is 0 Å². The summed E-state index contributed by atoms with van der Waals surface area (Å²) in [5.74, 6) is 0.686. The summed E-state index contributed by atoms with van der Waals surface area (Å²) in [6.45, 7) is 13.0. The van der Waals surface area contributed by atoms with E-state index in [2.05, 4.69) is 25.7 Å². The number of benzene rings is 1. The molecule has 2 rings (SSSR count). The second-order valence-electron chi connectivity index (χ2n) is 7.39. The van der Waals surface area contributed by atoms with Crippen molar-refractivity contribution in [3.63, 3.8) is 0 Å². The van der Waals surface area contributed by atoms with E-state index in [9.17, 15) is 8.42 Å². The Morgan fingerprint density at radius 1 is 1.38 bits per heavy atom. The normalized spacial score (nSPS) is 22.5. The maximum atomic E-state index is 11.5. The number of allylic oxidation sites excluding steroid dienone is 4. The quantitative estimate of drug-likeness (QED) is 0.662. The van der Waals surface area contributed by atoms with Crippen molar-refractivity contribution in [3.8, 4) is 0 Å². The van der Waals surface area contributed by atoms with Gasteiger partial charge in [0.1, 0.15) is 0 Å². The lowest BCUT2D eigenvalue weighted by atomic mass is 10.0. The summed E-state index contributed by atoms with van der Waals surface area (Å²) in [6, 6.07) is 5.80. The third-order valence-electron chi connectivity index (χ3n) is 5.24. The molecule has 1 aliphatic rings. The first-order valence-corrected chi connectivity index (χ1v) is 10.5. The molecule has 142 valence electrons. The molecule has 0 bridgehead atoms. The Bertz CT molecular complexity index is 870. The largest absolute Gasteiger partial charge is 0.384 e. The third kappa shape index (κ3) is 4.58. The van der Waals surface area contributed by atoms with Crippen LogP contribution in [0, 0.1) is 24.2 Å². The summed E-state index contributed by atoms with van der Waals surface area (Å²) >= 11 is 6.08. The minimum Gasteiger partial charge on any atom is -0.384 e. The molecule has 0 spiro atoms. The Morgan fingerprint density at radius 3 is 2.62 bits per heavy atom. The molecule has 0 aromatic heterocycles. The van der Waals surface area contributed by atoms with Crippen LogP contribution in [0.5, 0.6) is 0 Å². The second kappa shape index (κ2) is 7.59. The molecular formula is C20H27ClN2O2S. The molecule has 1 fully saturated rings. The van der Waals surface area contributed by atoms with Gasteiger partial charge < -0.3 is 5.32 Å². The van der Waals surface area contributed by atoms with Crippen LogP contribution >= 0.6 is 11.6 Å². The van der Waals surface area contributed by atoms with Crippen LogP contribution in [0.15, 0.2) is 53.5 Å². The van der Waals surface area contributed by atoms with E-state index in [0.29, 0.717) is 10.9 Å². The highest BCUT2D eigenvalue weighted by atomic mass is 35.5. The fourth-order valence-electron chi connectivity index (χ4n) is 3.51. The molecule has 1 aromatic carbocycles. The van der Waals surface area contributed by atoms with Crippen LogP contribution in [0.2, 0.25) is 5.02 Å². The number of rotatable bonds is 7. The van der Waals surface area contributed by atoms with Crippen molar-refractivity contribution >= 4 is 27.3 Å². The van der Waals surface area contributed by atoms with Gasteiger partial charge in [0.15, 0.2) is 0 Å². The minimum atomic E-state index is -3.70. The van der Waals surface area contributed by atoms with E-state index < -0.39 is 10.0 Å². The SMILES string of the molecule is C=C(/C=C\C(=C/C)S(N)(=O)=O)[C@@H]1[C@@H](CNc2cc(Cl)ccc2C)C1(C)C. The number of primary sulfonamides is 1. The molecule has 26 heavy (non-hydrogen) atoms. The monoisotopic (exact) mass is 394 g/mol. The molecule has 6 heteroatoms. The number of halogens is 1. The number of sulfonamides is 1. The van der Waals surface area contributed by atoms with E-state index >= 15 is 0 Å². The smallest absolute Gasteiger partial charge is 0.237 e. The molecule has 0 heterocycles. The van der Waals surface area contributed by atoms with Crippen LogP contribution in [0.4, 0.5) is 5.69 Å². The highest BCUT2D eigenvalue weighted by Gasteiger charge is 2.57. The average Bonchev–Trinajstić information content (AvgIpc) is 3.08. The number of anilines is 1. The zero-order valence-corrected chi connectivity index (χ0v) is 17.3. The third-order valence-corrected chi connectivity index (χ3v) is 6.50. The molecule has 1 aliphatic carbocycles. The van der Waals surface area contributed by atoms with Crippen molar-refractivity contribution in [2.75, 3.05) is 11.9 Å². The van der Waals surface area contributed by atoms with Gasteiger partial charge in [0.2, 0.25) is 10.0 Å². The standard InChI is InChI=1S/C20H27ClN2O2S/c1-6-16(26(22,24)25)10-8-14(3)19-17(20(19,4)5)12-23-18-11-15(21)9-7-13(18)2/h6-11,17,19,23H,3,12H2,1-2,4-5H3,(H2,22,24,25)/b10-8-,16-6+/t17-,19-/m1/s1. The summed E-state index contributed by atoms with van der Waals surface area (Å²) in [4.78, 5) is 0.0985. The molecule has 4 nitrogen and oxygen atoms in total. The van der Waals surface area contributed by atoms with Crippen LogP contribution in [0.25, 0.3) is 0 Å². The van der Waals surface area contributed by atoms with Gasteiger partial charge in [-0.05, 0) is 54.9 Å². The highest BCUT2D eigenvalue weighted by molar-refractivity contribution is 7.93. The predicted octanol–water partition coefficient (Wildman–Crippen LogP) is 4.64. The van der Waals surface area contributed by atoms with Gasteiger partial charge in [0.25, 0.3) is 0 Å². The van der Waals surface area contributed by atoms with Crippen molar-refractivity contribution < 1.29 is 8.42 Å². The summed E-state index contributed by atoms with van der Waals surface area (Å²) in [6.07, 6.45) is 4.77. The molecule has 0 saturated heterocycles. The van der Waals surface area contributed by atoms with E-state index in [1.807, 2.05) is 25.1 Å². The number of nitrogens with two attached hydrogens (primary N) is 1. The maximum absolute atomic E-state index is 11.5. The lowest BCUT2D eigenvalue weighted by Crippen LogP contribution is -2.13. The average molecular weight is 395 g/mol. The van der Waals surface area contributed by atoms with Gasteiger partial charge in [-0.15, -0.1) is 0 Å². The summed E-state index contributed by atoms with van der Waals surface area (Å²) in [7, 11) is -3.70. The van der Waals surface area contributed by atoms with Gasteiger partial charge in [0.05, 0.1) is 4.91 Å². The van der Waals surface area contributed by atoms with Crippen LogP contribution in [-0.2, 0) is 10.0 Å². The Kier molecular flexibility index (Phi) is 6.06. The van der Waals surface area contributed by atoms with Gasteiger partial charge in [-0.2, -0.15) is 0 Å². The van der Waals surface area contributed by atoms with Crippen molar-refractivity contribution in [2.45, 2.75) is 27.7 Å². The molecule has 0 aliphatic heterocycles. The highest BCUT2D eigenvalue weighted by Crippen LogP contribution is 2.61. The van der Waals surface area contributed by atoms with E-state index in [4.69, 9.17) is 16.7 Å². The van der Waals surface area contributed by atoms with Crippen molar-refractivity contribution in [1.29, 1.82) is 0 Å². The van der Waals surface area contributed by atoms with Gasteiger partial charge in [-0.3, -0.25) is 0 Å². The van der Waals surface area contributed by atoms with Gasteiger partial charge in [-0.1, -0.05) is 55.8 Å². The topological polar surface area (TPSA) is 72.2 Å². The first kappa shape index (κ1) is 20.7. The number of nitrogens with one attached hydrogen (secondary N) is 1. The second-order valence-corrected chi connectivity index (χ2v) is 9.39. The van der Waals surface area contributed by atoms with Crippen LogP contribution in [0.3, 0.4) is 0 Å². The van der Waals surface area contributed by atoms with Gasteiger partial charge in [-0.25, -0.2) is 13.6 Å². The Balaban J connectivity index is 2.05. The van der Waals surface area contributed by atoms with E-state index in [-0.39, 0.29) is 16.2 Å². The number of hydrogen-bond acceptors (Lipinski definition) is 3. The van der Waals surface area contributed by atoms with Crippen molar-refractivity contribution in [3.05, 3.63) is 64.1 Å². The summed E-state index contributed by atoms with van der Waals surface area (Å²) < 4.78 is 23.0. The Morgan fingerprint density at radius 2 is 2.04 bits per heavy atom. The molecule has 1 aromatic rings.